The van der Waals surface area contributed by atoms with Crippen molar-refractivity contribution in [3.05, 3.63) is 35.7 Å². The maximum atomic E-state index is 12.2. The molecule has 0 spiro atoms. The van der Waals surface area contributed by atoms with Crippen molar-refractivity contribution in [2.75, 3.05) is 12.4 Å². The number of pyridine rings is 2. The molecule has 3 aromatic rings. The lowest BCUT2D eigenvalue weighted by Crippen LogP contribution is -2.41. The summed E-state index contributed by atoms with van der Waals surface area (Å²) in [7, 11) is -1.52. The van der Waals surface area contributed by atoms with Crippen molar-refractivity contribution in [2.45, 2.75) is 55.9 Å². The number of hydrogen-bond donors (Lipinski definition) is 3. The highest BCUT2D eigenvalue weighted by Crippen LogP contribution is 2.33. The molecule has 0 amide bonds. The van der Waals surface area contributed by atoms with Crippen molar-refractivity contribution in [1.82, 2.24) is 19.7 Å². The molecule has 2 fully saturated rings. The molecule has 0 saturated heterocycles. The number of fused-ring (bicyclic) bond motifs is 1. The molecular formula is C22H26ClN5O3S. The third-order valence-corrected chi connectivity index (χ3v) is 8.42. The molecule has 2 aliphatic rings. The summed E-state index contributed by atoms with van der Waals surface area (Å²) >= 11 is 6.35. The van der Waals surface area contributed by atoms with E-state index in [1.807, 2.05) is 24.4 Å². The minimum atomic E-state index is -3.14. The minimum Gasteiger partial charge on any atom is -0.495 e. The van der Waals surface area contributed by atoms with Crippen LogP contribution in [0.5, 0.6) is 5.75 Å². The molecule has 8 nitrogen and oxygen atoms in total. The van der Waals surface area contributed by atoms with Crippen LogP contribution in [0.25, 0.3) is 22.2 Å². The van der Waals surface area contributed by atoms with E-state index in [9.17, 15) is 8.42 Å². The van der Waals surface area contributed by atoms with Crippen LogP contribution in [0.2, 0.25) is 5.15 Å². The number of rotatable bonds is 7. The van der Waals surface area contributed by atoms with Gasteiger partial charge in [-0.05, 0) is 62.3 Å². The monoisotopic (exact) mass is 475 g/mol. The fourth-order valence-electron chi connectivity index (χ4n) is 4.33. The van der Waals surface area contributed by atoms with Crippen LogP contribution in [-0.4, -0.2) is 47.8 Å². The van der Waals surface area contributed by atoms with Gasteiger partial charge in [0.2, 0.25) is 10.0 Å². The summed E-state index contributed by atoms with van der Waals surface area (Å²) in [6.45, 7) is 0. The fraction of sp³-hybridized carbons (Fsp3) is 0.455. The second kappa shape index (κ2) is 8.53. The molecule has 0 radical (unpaired) electrons. The van der Waals surface area contributed by atoms with Gasteiger partial charge in [0.1, 0.15) is 22.4 Å². The predicted molar refractivity (Wildman–Crippen MR) is 126 cm³/mol. The SMILES string of the molecule is COc1cnc2[nH]cc(-c3cc(Cl)nc(NC4CCC(NS(=O)(=O)C5CC5)CC4)c3)c2c1. The summed E-state index contributed by atoms with van der Waals surface area (Å²) in [4.78, 5) is 12.0. The first-order chi connectivity index (χ1) is 15.4. The number of ether oxygens (including phenoxy) is 1. The maximum absolute atomic E-state index is 12.2. The highest BCUT2D eigenvalue weighted by atomic mass is 35.5. The average molecular weight is 476 g/mol. The van der Waals surface area contributed by atoms with Gasteiger partial charge in [0.25, 0.3) is 0 Å². The molecular weight excluding hydrogens is 450 g/mol. The van der Waals surface area contributed by atoms with E-state index in [-0.39, 0.29) is 17.3 Å². The first kappa shape index (κ1) is 21.5. The van der Waals surface area contributed by atoms with Gasteiger partial charge in [0.15, 0.2) is 0 Å². The van der Waals surface area contributed by atoms with Crippen molar-refractivity contribution in [3.63, 3.8) is 0 Å². The number of aromatic nitrogens is 3. The lowest BCUT2D eigenvalue weighted by atomic mass is 9.92. The molecule has 2 aliphatic carbocycles. The van der Waals surface area contributed by atoms with E-state index in [0.29, 0.717) is 16.7 Å². The largest absolute Gasteiger partial charge is 0.495 e. The smallest absolute Gasteiger partial charge is 0.214 e. The van der Waals surface area contributed by atoms with Gasteiger partial charge in [-0.1, -0.05) is 11.6 Å². The van der Waals surface area contributed by atoms with E-state index in [1.165, 1.54) is 0 Å². The third-order valence-electron chi connectivity index (χ3n) is 6.22. The Morgan fingerprint density at radius 2 is 1.84 bits per heavy atom. The lowest BCUT2D eigenvalue weighted by molar-refractivity contribution is 0.386. The summed E-state index contributed by atoms with van der Waals surface area (Å²) in [6, 6.07) is 6.00. The van der Waals surface area contributed by atoms with Crippen LogP contribution in [0.15, 0.2) is 30.6 Å². The highest BCUT2D eigenvalue weighted by molar-refractivity contribution is 7.90. The van der Waals surface area contributed by atoms with Crippen LogP contribution in [0.3, 0.4) is 0 Å². The maximum Gasteiger partial charge on any atom is 0.214 e. The summed E-state index contributed by atoms with van der Waals surface area (Å²) < 4.78 is 32.6. The van der Waals surface area contributed by atoms with Gasteiger partial charge in [0.05, 0.1) is 18.6 Å². The van der Waals surface area contributed by atoms with Gasteiger partial charge >= 0.3 is 0 Å². The molecule has 3 N–H and O–H groups in total. The predicted octanol–water partition coefficient (Wildman–Crippen LogP) is 4.09. The number of nitrogens with one attached hydrogen (secondary N) is 3. The Balaban J connectivity index is 1.29. The number of aromatic amines is 1. The normalized spacial score (nSPS) is 21.6. The van der Waals surface area contributed by atoms with Crippen LogP contribution < -0.4 is 14.8 Å². The van der Waals surface area contributed by atoms with E-state index >= 15 is 0 Å². The molecule has 170 valence electrons. The standard InChI is InChI=1S/C22H26ClN5O3S/c1-31-16-10-18-19(12-25-22(18)24-11-16)13-8-20(23)27-21(9-13)26-14-2-4-15(5-3-14)28-32(29,30)17-6-7-17/h8-12,14-15,17,28H,2-7H2,1H3,(H,24,25)(H,26,27). The highest BCUT2D eigenvalue weighted by Gasteiger charge is 2.37. The van der Waals surface area contributed by atoms with Crippen LogP contribution in [0.1, 0.15) is 38.5 Å². The van der Waals surface area contributed by atoms with Gasteiger partial charge in [-0.15, -0.1) is 0 Å². The number of sulfonamides is 1. The molecule has 3 heterocycles. The number of methoxy groups -OCH3 is 1. The number of nitrogens with zero attached hydrogens (tertiary/aromatic N) is 2. The molecule has 32 heavy (non-hydrogen) atoms. The van der Waals surface area contributed by atoms with Crippen molar-refractivity contribution in [1.29, 1.82) is 0 Å². The Kier molecular flexibility index (Phi) is 5.73. The number of hydrogen-bond acceptors (Lipinski definition) is 6. The van der Waals surface area contributed by atoms with Crippen LogP contribution in [-0.2, 0) is 10.0 Å². The fourth-order valence-corrected chi connectivity index (χ4v) is 6.19. The van der Waals surface area contributed by atoms with Gasteiger partial charge in [-0.3, -0.25) is 0 Å². The molecule has 0 atom stereocenters. The van der Waals surface area contributed by atoms with Crippen LogP contribution >= 0.6 is 11.6 Å². The Morgan fingerprint density at radius 1 is 1.09 bits per heavy atom. The van der Waals surface area contributed by atoms with E-state index in [1.54, 1.807) is 13.3 Å². The lowest BCUT2D eigenvalue weighted by Gasteiger charge is -2.30. The Labute approximate surface area is 192 Å². The molecule has 5 rings (SSSR count). The first-order valence-corrected chi connectivity index (χ1v) is 12.8. The van der Waals surface area contributed by atoms with Crippen molar-refractivity contribution in [3.8, 4) is 16.9 Å². The molecule has 0 bridgehead atoms. The van der Waals surface area contributed by atoms with Crippen molar-refractivity contribution < 1.29 is 13.2 Å². The summed E-state index contributed by atoms with van der Waals surface area (Å²) in [6.07, 6.45) is 8.52. The summed E-state index contributed by atoms with van der Waals surface area (Å²) in [5, 5.41) is 4.67. The summed E-state index contributed by atoms with van der Waals surface area (Å²) in [5.41, 5.74) is 2.67. The number of halogens is 1. The molecule has 0 unspecified atom stereocenters. The zero-order chi connectivity index (χ0) is 22.3. The minimum absolute atomic E-state index is 0.0234. The van der Waals surface area contributed by atoms with Gasteiger partial charge < -0.3 is 15.0 Å². The number of H-pyrrole nitrogens is 1. The van der Waals surface area contributed by atoms with Gasteiger partial charge in [-0.25, -0.2) is 23.1 Å². The Hall–Kier alpha value is -2.36. The molecule has 0 aliphatic heterocycles. The zero-order valence-electron chi connectivity index (χ0n) is 17.8. The molecule has 3 aromatic heterocycles. The first-order valence-electron chi connectivity index (χ1n) is 10.9. The second-order valence-corrected chi connectivity index (χ2v) is 11.0. The quantitative estimate of drug-likeness (QED) is 0.444. The topological polar surface area (TPSA) is 109 Å². The van der Waals surface area contributed by atoms with Crippen LogP contribution in [0.4, 0.5) is 5.82 Å². The molecule has 2 saturated carbocycles. The van der Waals surface area contributed by atoms with E-state index in [2.05, 4.69) is 25.0 Å². The van der Waals surface area contributed by atoms with Gasteiger partial charge in [0, 0.05) is 29.2 Å². The van der Waals surface area contributed by atoms with Crippen molar-refractivity contribution >= 4 is 38.5 Å². The Bertz CT molecular complexity index is 1230. The second-order valence-electron chi connectivity index (χ2n) is 8.59. The van der Waals surface area contributed by atoms with Gasteiger partial charge in [-0.2, -0.15) is 0 Å². The third kappa shape index (κ3) is 4.55. The van der Waals surface area contributed by atoms with E-state index < -0.39 is 10.0 Å². The number of anilines is 1. The summed E-state index contributed by atoms with van der Waals surface area (Å²) in [5.74, 6) is 1.39. The zero-order valence-corrected chi connectivity index (χ0v) is 19.3. The molecule has 10 heteroatoms. The van der Waals surface area contributed by atoms with Crippen molar-refractivity contribution in [2.24, 2.45) is 0 Å². The molecule has 0 aromatic carbocycles. The van der Waals surface area contributed by atoms with Crippen LogP contribution in [0, 0.1) is 0 Å². The average Bonchev–Trinajstić information content (AvgIpc) is 3.55. The Morgan fingerprint density at radius 3 is 2.56 bits per heavy atom. The van der Waals surface area contributed by atoms with E-state index in [0.717, 1.165) is 60.7 Å². The van der Waals surface area contributed by atoms with E-state index in [4.69, 9.17) is 16.3 Å².